The molecule has 0 unspecified atom stereocenters. The number of aromatic nitrogens is 2. The van der Waals surface area contributed by atoms with Crippen molar-refractivity contribution < 1.29 is 14.3 Å². The Balaban J connectivity index is 1.73. The summed E-state index contributed by atoms with van der Waals surface area (Å²) in [5.74, 6) is -0.215. The van der Waals surface area contributed by atoms with Gasteiger partial charge in [0.2, 0.25) is 6.10 Å². The van der Waals surface area contributed by atoms with E-state index in [0.29, 0.717) is 11.5 Å². The van der Waals surface area contributed by atoms with Crippen LogP contribution in [0.2, 0.25) is 0 Å². The predicted octanol–water partition coefficient (Wildman–Crippen LogP) is 3.26. The molecule has 3 rings (SSSR count). The van der Waals surface area contributed by atoms with Crippen LogP contribution in [0.5, 0.6) is 0 Å². The molecule has 1 heterocycles. The third-order valence-electron chi connectivity index (χ3n) is 4.90. The molecule has 0 spiro atoms. The Hall–Kier alpha value is -2.63. The quantitative estimate of drug-likeness (QED) is 0.710. The van der Waals surface area contributed by atoms with E-state index in [4.69, 9.17) is 4.74 Å². The fourth-order valence-electron chi connectivity index (χ4n) is 3.24. The molecule has 6 nitrogen and oxygen atoms in total. The van der Waals surface area contributed by atoms with E-state index in [1.165, 1.54) is 0 Å². The van der Waals surface area contributed by atoms with E-state index < -0.39 is 12.1 Å². The zero-order chi connectivity index (χ0) is 20.3. The van der Waals surface area contributed by atoms with Crippen LogP contribution < -0.4 is 5.32 Å². The number of rotatable bonds is 8. The number of amides is 1. The predicted molar refractivity (Wildman–Crippen MR) is 107 cm³/mol. The molecule has 1 aliphatic carbocycles. The molecular weight excluding hydrogens is 354 g/mol. The van der Waals surface area contributed by atoms with Crippen molar-refractivity contribution in [3.8, 4) is 0 Å². The number of carbonyl (C=O) groups excluding carboxylic acids is 2. The Bertz CT molecular complexity index is 838. The molecule has 2 aromatic rings. The van der Waals surface area contributed by atoms with Gasteiger partial charge in [0, 0.05) is 29.4 Å². The number of carbonyl (C=O) groups is 2. The second-order valence-electron chi connectivity index (χ2n) is 7.97. The number of benzene rings is 1. The van der Waals surface area contributed by atoms with E-state index >= 15 is 0 Å². The molecule has 0 radical (unpaired) electrons. The third kappa shape index (κ3) is 5.00. The molecule has 1 fully saturated rings. The van der Waals surface area contributed by atoms with Crippen molar-refractivity contribution in [2.24, 2.45) is 5.92 Å². The van der Waals surface area contributed by atoms with E-state index in [9.17, 15) is 9.59 Å². The summed E-state index contributed by atoms with van der Waals surface area (Å²) in [6.07, 6.45) is 1.14. The average Bonchev–Trinajstić information content (AvgIpc) is 3.43. The fraction of sp³-hybridized carbons (Fsp3) is 0.500. The summed E-state index contributed by atoms with van der Waals surface area (Å²) in [5, 5.41) is 7.49. The standard InChI is InChI=1S/C22H29N3O3/c1-14(2)13-25-16(4)19(15(3)24-25)12-20(26)28-21(17-8-6-5-7-9-17)22(27)23-18-10-11-18/h5-9,14,18,21H,10-13H2,1-4H3,(H,23,27)/t21-/m0/s1. The minimum Gasteiger partial charge on any atom is -0.447 e. The van der Waals surface area contributed by atoms with Gasteiger partial charge in [-0.3, -0.25) is 14.3 Å². The first-order valence-electron chi connectivity index (χ1n) is 9.92. The van der Waals surface area contributed by atoms with Crippen LogP contribution in [0.25, 0.3) is 0 Å². The van der Waals surface area contributed by atoms with Crippen LogP contribution in [0.15, 0.2) is 30.3 Å². The highest BCUT2D eigenvalue weighted by Gasteiger charge is 2.31. The third-order valence-corrected chi connectivity index (χ3v) is 4.90. The minimum atomic E-state index is -0.930. The van der Waals surface area contributed by atoms with Crippen molar-refractivity contribution in [3.63, 3.8) is 0 Å². The van der Waals surface area contributed by atoms with Gasteiger partial charge < -0.3 is 10.1 Å². The van der Waals surface area contributed by atoms with E-state index in [-0.39, 0.29) is 18.4 Å². The van der Waals surface area contributed by atoms with Gasteiger partial charge in [0.1, 0.15) is 0 Å². The minimum absolute atomic E-state index is 0.107. The molecule has 1 N–H and O–H groups in total. The van der Waals surface area contributed by atoms with E-state index in [1.54, 1.807) is 0 Å². The molecule has 0 saturated heterocycles. The lowest BCUT2D eigenvalue weighted by Gasteiger charge is -2.18. The maximum absolute atomic E-state index is 12.7. The Labute approximate surface area is 166 Å². The normalized spacial score (nSPS) is 14.8. The number of hydrogen-bond acceptors (Lipinski definition) is 4. The summed E-state index contributed by atoms with van der Waals surface area (Å²) >= 11 is 0. The number of nitrogens with zero attached hydrogens (tertiary/aromatic N) is 2. The molecule has 28 heavy (non-hydrogen) atoms. The highest BCUT2D eigenvalue weighted by Crippen LogP contribution is 2.24. The molecule has 0 aliphatic heterocycles. The van der Waals surface area contributed by atoms with Crippen molar-refractivity contribution in [3.05, 3.63) is 52.8 Å². The van der Waals surface area contributed by atoms with Crippen LogP contribution in [0.1, 0.15) is 55.3 Å². The van der Waals surface area contributed by atoms with Gasteiger partial charge in [-0.25, -0.2) is 0 Å². The SMILES string of the molecule is Cc1nn(CC(C)C)c(C)c1CC(=O)O[C@H](C(=O)NC1CC1)c1ccccc1. The lowest BCUT2D eigenvalue weighted by Crippen LogP contribution is -2.33. The second-order valence-corrected chi connectivity index (χ2v) is 7.97. The molecule has 1 atom stereocenters. The van der Waals surface area contributed by atoms with Crippen LogP contribution >= 0.6 is 0 Å². The summed E-state index contributed by atoms with van der Waals surface area (Å²) < 4.78 is 7.58. The molecular formula is C22H29N3O3. The summed E-state index contributed by atoms with van der Waals surface area (Å²) in [7, 11) is 0. The van der Waals surface area contributed by atoms with Crippen LogP contribution in [-0.2, 0) is 27.3 Å². The fourth-order valence-corrected chi connectivity index (χ4v) is 3.24. The van der Waals surface area contributed by atoms with Crippen molar-refractivity contribution in [1.82, 2.24) is 15.1 Å². The second kappa shape index (κ2) is 8.59. The van der Waals surface area contributed by atoms with E-state index in [2.05, 4.69) is 24.3 Å². The van der Waals surface area contributed by atoms with Gasteiger partial charge in [-0.1, -0.05) is 44.2 Å². The van der Waals surface area contributed by atoms with Gasteiger partial charge in [-0.2, -0.15) is 5.10 Å². The van der Waals surface area contributed by atoms with Crippen LogP contribution in [0, 0.1) is 19.8 Å². The largest absolute Gasteiger partial charge is 0.447 e. The van der Waals surface area contributed by atoms with Gasteiger partial charge in [-0.05, 0) is 32.6 Å². The summed E-state index contributed by atoms with van der Waals surface area (Å²) in [6.45, 7) is 8.94. The van der Waals surface area contributed by atoms with Crippen LogP contribution in [0.4, 0.5) is 0 Å². The number of aryl methyl sites for hydroxylation is 1. The zero-order valence-electron chi connectivity index (χ0n) is 17.1. The molecule has 150 valence electrons. The van der Waals surface area contributed by atoms with Gasteiger partial charge in [0.25, 0.3) is 5.91 Å². The topological polar surface area (TPSA) is 73.2 Å². The van der Waals surface area contributed by atoms with Crippen LogP contribution in [0.3, 0.4) is 0 Å². The molecule has 1 amide bonds. The van der Waals surface area contributed by atoms with Gasteiger partial charge in [-0.15, -0.1) is 0 Å². The molecule has 1 aromatic heterocycles. The lowest BCUT2D eigenvalue weighted by molar-refractivity contribution is -0.156. The molecule has 1 saturated carbocycles. The first-order valence-corrected chi connectivity index (χ1v) is 9.92. The Morgan fingerprint density at radius 1 is 1.21 bits per heavy atom. The Morgan fingerprint density at radius 3 is 2.50 bits per heavy atom. The average molecular weight is 383 g/mol. The highest BCUT2D eigenvalue weighted by atomic mass is 16.5. The summed E-state index contributed by atoms with van der Waals surface area (Å²) in [6, 6.07) is 9.37. The van der Waals surface area contributed by atoms with E-state index in [1.807, 2.05) is 48.9 Å². The smallest absolute Gasteiger partial charge is 0.311 e. The molecule has 1 aromatic carbocycles. The molecule has 6 heteroatoms. The first-order chi connectivity index (χ1) is 13.3. The summed E-state index contributed by atoms with van der Waals surface area (Å²) in [5.41, 5.74) is 3.36. The van der Waals surface area contributed by atoms with E-state index in [0.717, 1.165) is 36.3 Å². The lowest BCUT2D eigenvalue weighted by atomic mass is 10.1. The maximum atomic E-state index is 12.7. The van der Waals surface area contributed by atoms with Crippen molar-refractivity contribution in [2.75, 3.05) is 0 Å². The van der Waals surface area contributed by atoms with Gasteiger partial charge in [0.15, 0.2) is 0 Å². The Morgan fingerprint density at radius 2 is 1.89 bits per heavy atom. The number of hydrogen-bond donors (Lipinski definition) is 1. The van der Waals surface area contributed by atoms with Crippen molar-refractivity contribution in [2.45, 2.75) is 65.6 Å². The molecule has 0 bridgehead atoms. The zero-order valence-corrected chi connectivity index (χ0v) is 17.1. The highest BCUT2D eigenvalue weighted by molar-refractivity contribution is 5.86. The maximum Gasteiger partial charge on any atom is 0.311 e. The number of nitrogens with one attached hydrogen (secondary N) is 1. The van der Waals surface area contributed by atoms with Crippen LogP contribution in [-0.4, -0.2) is 27.7 Å². The monoisotopic (exact) mass is 383 g/mol. The van der Waals surface area contributed by atoms with Crippen molar-refractivity contribution >= 4 is 11.9 Å². The molecule has 1 aliphatic rings. The van der Waals surface area contributed by atoms with Gasteiger partial charge in [0.05, 0.1) is 12.1 Å². The first kappa shape index (κ1) is 20.1. The Kier molecular flexibility index (Phi) is 6.17. The van der Waals surface area contributed by atoms with Crippen molar-refractivity contribution in [1.29, 1.82) is 0 Å². The number of esters is 1. The van der Waals surface area contributed by atoms with Gasteiger partial charge >= 0.3 is 5.97 Å². The number of ether oxygens (including phenoxy) is 1. The summed E-state index contributed by atoms with van der Waals surface area (Å²) in [4.78, 5) is 25.3.